The van der Waals surface area contributed by atoms with Crippen molar-refractivity contribution < 1.29 is 9.47 Å². The highest BCUT2D eigenvalue weighted by Gasteiger charge is 2.13. The molecule has 21 heavy (non-hydrogen) atoms. The largest absolute Gasteiger partial charge is 0.493 e. The van der Waals surface area contributed by atoms with Gasteiger partial charge in [0.05, 0.1) is 7.11 Å². The van der Waals surface area contributed by atoms with E-state index in [4.69, 9.17) is 15.2 Å². The summed E-state index contributed by atoms with van der Waals surface area (Å²) in [7, 11) is 1.63. The Morgan fingerprint density at radius 2 is 2.14 bits per heavy atom. The van der Waals surface area contributed by atoms with Crippen LogP contribution in [0.3, 0.4) is 0 Å². The van der Waals surface area contributed by atoms with E-state index in [2.05, 4.69) is 23.9 Å². The first kappa shape index (κ1) is 15.3. The monoisotopic (exact) mass is 290 g/mol. The highest BCUT2D eigenvalue weighted by molar-refractivity contribution is 5.46. The number of ether oxygens (including phenoxy) is 2. The van der Waals surface area contributed by atoms with Crippen LogP contribution in [0.5, 0.6) is 11.5 Å². The molecule has 1 aromatic heterocycles. The number of hydrogen-bond acceptors (Lipinski definition) is 5. The van der Waals surface area contributed by atoms with Gasteiger partial charge in [-0.25, -0.2) is 9.67 Å². The third kappa shape index (κ3) is 3.52. The van der Waals surface area contributed by atoms with Crippen LogP contribution in [-0.2, 0) is 13.0 Å². The van der Waals surface area contributed by atoms with Crippen LogP contribution in [0, 0.1) is 0 Å². The van der Waals surface area contributed by atoms with Crippen LogP contribution in [-0.4, -0.2) is 28.4 Å². The van der Waals surface area contributed by atoms with Gasteiger partial charge in [-0.05, 0) is 38.4 Å². The minimum Gasteiger partial charge on any atom is -0.493 e. The van der Waals surface area contributed by atoms with Gasteiger partial charge in [0, 0.05) is 6.04 Å². The quantitative estimate of drug-likeness (QED) is 0.843. The fourth-order valence-electron chi connectivity index (χ4n) is 2.18. The Kier molecular flexibility index (Phi) is 5.16. The van der Waals surface area contributed by atoms with Crippen LogP contribution >= 0.6 is 0 Å². The molecule has 0 bridgehead atoms. The molecule has 0 aliphatic heterocycles. The third-order valence-corrected chi connectivity index (χ3v) is 3.18. The number of aromatic nitrogens is 3. The molecule has 6 nitrogen and oxygen atoms in total. The van der Waals surface area contributed by atoms with Gasteiger partial charge in [0.1, 0.15) is 12.9 Å². The predicted octanol–water partition coefficient (Wildman–Crippen LogP) is 1.95. The molecule has 1 aromatic carbocycles. The van der Waals surface area contributed by atoms with Crippen molar-refractivity contribution in [1.82, 2.24) is 14.8 Å². The lowest BCUT2D eigenvalue weighted by atomic mass is 10.1. The third-order valence-electron chi connectivity index (χ3n) is 3.18. The van der Waals surface area contributed by atoms with Crippen molar-refractivity contribution in [3.63, 3.8) is 0 Å². The van der Waals surface area contributed by atoms with E-state index in [9.17, 15) is 0 Å². The van der Waals surface area contributed by atoms with E-state index in [0.717, 1.165) is 23.6 Å². The highest BCUT2D eigenvalue weighted by Crippen LogP contribution is 2.32. The van der Waals surface area contributed by atoms with Crippen molar-refractivity contribution in [3.8, 4) is 11.5 Å². The van der Waals surface area contributed by atoms with Crippen LogP contribution in [0.25, 0.3) is 0 Å². The first-order valence-electron chi connectivity index (χ1n) is 7.04. The topological polar surface area (TPSA) is 75.2 Å². The number of rotatable bonds is 7. The Hall–Kier alpha value is -2.08. The molecular weight excluding hydrogens is 268 g/mol. The van der Waals surface area contributed by atoms with E-state index in [1.54, 1.807) is 13.4 Å². The molecule has 0 spiro atoms. The smallest absolute Gasteiger partial charge is 0.165 e. The van der Waals surface area contributed by atoms with Gasteiger partial charge in [-0.15, -0.1) is 0 Å². The van der Waals surface area contributed by atoms with Gasteiger partial charge >= 0.3 is 0 Å². The average molecular weight is 290 g/mol. The van der Waals surface area contributed by atoms with E-state index in [1.165, 1.54) is 0 Å². The number of benzene rings is 1. The summed E-state index contributed by atoms with van der Waals surface area (Å²) in [6.07, 6.45) is 2.28. The van der Waals surface area contributed by atoms with Crippen molar-refractivity contribution >= 4 is 0 Å². The lowest BCUT2D eigenvalue weighted by molar-refractivity contribution is 0.263. The summed E-state index contributed by atoms with van der Waals surface area (Å²) in [5, 5.41) is 4.20. The second kappa shape index (κ2) is 7.08. The Morgan fingerprint density at radius 1 is 1.33 bits per heavy atom. The Morgan fingerprint density at radius 3 is 2.81 bits per heavy atom. The summed E-state index contributed by atoms with van der Waals surface area (Å²) in [4.78, 5) is 4.25. The van der Waals surface area contributed by atoms with E-state index < -0.39 is 0 Å². The number of nitrogens with two attached hydrogens (primary N) is 1. The van der Waals surface area contributed by atoms with E-state index in [0.29, 0.717) is 18.9 Å². The van der Waals surface area contributed by atoms with Gasteiger partial charge < -0.3 is 15.2 Å². The molecule has 0 aliphatic carbocycles. The van der Waals surface area contributed by atoms with Gasteiger partial charge in [-0.3, -0.25) is 0 Å². The van der Waals surface area contributed by atoms with Crippen LogP contribution in [0.2, 0.25) is 0 Å². The molecule has 0 saturated carbocycles. The van der Waals surface area contributed by atoms with Gasteiger partial charge in [0.25, 0.3) is 0 Å². The van der Waals surface area contributed by atoms with E-state index >= 15 is 0 Å². The molecule has 0 fully saturated rings. The Bertz CT molecular complexity index is 581. The van der Waals surface area contributed by atoms with Gasteiger partial charge in [0.15, 0.2) is 17.3 Å². The lowest BCUT2D eigenvalue weighted by Gasteiger charge is -2.15. The number of para-hydroxylation sites is 1. The molecular formula is C15H22N4O2. The zero-order valence-corrected chi connectivity index (χ0v) is 12.7. The SMILES string of the molecule is COc1cccc(CCN)c1OCc1ncnn1C(C)C. The summed E-state index contributed by atoms with van der Waals surface area (Å²) in [6.45, 7) is 5.02. The first-order chi connectivity index (χ1) is 10.2. The molecule has 0 unspecified atom stereocenters. The fourth-order valence-corrected chi connectivity index (χ4v) is 2.18. The second-order valence-corrected chi connectivity index (χ2v) is 4.99. The molecule has 0 radical (unpaired) electrons. The molecule has 0 amide bonds. The molecule has 0 saturated heterocycles. The van der Waals surface area contributed by atoms with E-state index in [1.807, 2.05) is 22.9 Å². The summed E-state index contributed by atoms with van der Waals surface area (Å²) in [6, 6.07) is 6.06. The number of hydrogen-bond donors (Lipinski definition) is 1. The van der Waals surface area contributed by atoms with Gasteiger partial charge in [-0.1, -0.05) is 12.1 Å². The number of nitrogens with zero attached hydrogens (tertiary/aromatic N) is 3. The summed E-state index contributed by atoms with van der Waals surface area (Å²) in [5.74, 6) is 2.22. The maximum atomic E-state index is 5.94. The average Bonchev–Trinajstić information content (AvgIpc) is 2.94. The zero-order valence-electron chi connectivity index (χ0n) is 12.7. The van der Waals surface area contributed by atoms with Crippen LogP contribution < -0.4 is 15.2 Å². The van der Waals surface area contributed by atoms with Crippen molar-refractivity contribution in [1.29, 1.82) is 0 Å². The van der Waals surface area contributed by atoms with Crippen molar-refractivity contribution in [3.05, 3.63) is 35.9 Å². The predicted molar refractivity (Wildman–Crippen MR) is 80.5 cm³/mol. The second-order valence-electron chi connectivity index (χ2n) is 4.99. The summed E-state index contributed by atoms with van der Waals surface area (Å²) >= 11 is 0. The summed E-state index contributed by atoms with van der Waals surface area (Å²) < 4.78 is 13.2. The van der Waals surface area contributed by atoms with Crippen molar-refractivity contribution in [2.24, 2.45) is 5.73 Å². The highest BCUT2D eigenvalue weighted by atomic mass is 16.5. The van der Waals surface area contributed by atoms with Gasteiger partial charge in [-0.2, -0.15) is 5.10 Å². The van der Waals surface area contributed by atoms with Crippen LogP contribution in [0.4, 0.5) is 0 Å². The molecule has 1 heterocycles. The number of methoxy groups -OCH3 is 1. The summed E-state index contributed by atoms with van der Waals surface area (Å²) in [5.41, 5.74) is 6.69. The van der Waals surface area contributed by atoms with E-state index in [-0.39, 0.29) is 6.04 Å². The molecule has 0 aliphatic rings. The Balaban J connectivity index is 2.20. The fraction of sp³-hybridized carbons (Fsp3) is 0.467. The standard InChI is InChI=1S/C15H22N4O2/c1-11(2)19-14(17-10-18-19)9-21-15-12(7-8-16)5-4-6-13(15)20-3/h4-6,10-11H,7-9,16H2,1-3H3. The maximum Gasteiger partial charge on any atom is 0.165 e. The van der Waals surface area contributed by atoms with Crippen LogP contribution in [0.1, 0.15) is 31.3 Å². The molecule has 2 aromatic rings. The molecule has 2 N–H and O–H groups in total. The maximum absolute atomic E-state index is 5.94. The molecule has 6 heteroatoms. The van der Waals surface area contributed by atoms with Crippen molar-refractivity contribution in [2.75, 3.05) is 13.7 Å². The molecule has 0 atom stereocenters. The lowest BCUT2D eigenvalue weighted by Crippen LogP contribution is -2.12. The zero-order chi connectivity index (χ0) is 15.2. The molecule has 114 valence electrons. The minimum absolute atomic E-state index is 0.243. The minimum atomic E-state index is 0.243. The normalized spacial score (nSPS) is 10.9. The molecule has 2 rings (SSSR count). The Labute approximate surface area is 124 Å². The first-order valence-corrected chi connectivity index (χ1v) is 7.04. The van der Waals surface area contributed by atoms with Crippen LogP contribution in [0.15, 0.2) is 24.5 Å². The van der Waals surface area contributed by atoms with Crippen molar-refractivity contribution in [2.45, 2.75) is 32.9 Å². The van der Waals surface area contributed by atoms with Gasteiger partial charge in [0.2, 0.25) is 0 Å².